The summed E-state index contributed by atoms with van der Waals surface area (Å²) in [7, 11) is 0. The minimum atomic E-state index is -0.142. The number of hydrogen-bond acceptors (Lipinski definition) is 6. The van der Waals surface area contributed by atoms with Gasteiger partial charge in [0.2, 0.25) is 5.89 Å². The van der Waals surface area contributed by atoms with Crippen LogP contribution in [0.2, 0.25) is 0 Å². The van der Waals surface area contributed by atoms with E-state index in [0.717, 1.165) is 34.6 Å². The van der Waals surface area contributed by atoms with E-state index >= 15 is 0 Å². The summed E-state index contributed by atoms with van der Waals surface area (Å²) in [6.07, 6.45) is 1.95. The SMILES string of the molecule is Cc1nnc(C(C)(C)CCC(C)(C)c2nc(C(C)C)no2)s1. The van der Waals surface area contributed by atoms with Crippen molar-refractivity contribution in [2.24, 2.45) is 0 Å². The van der Waals surface area contributed by atoms with Crippen LogP contribution >= 0.6 is 11.3 Å². The Labute approximate surface area is 136 Å². The molecule has 0 aliphatic heterocycles. The van der Waals surface area contributed by atoms with Crippen LogP contribution in [-0.2, 0) is 10.8 Å². The van der Waals surface area contributed by atoms with Crippen LogP contribution < -0.4 is 0 Å². The molecule has 0 unspecified atom stereocenters. The van der Waals surface area contributed by atoms with Crippen molar-refractivity contribution in [1.29, 1.82) is 0 Å². The predicted molar refractivity (Wildman–Crippen MR) is 88.3 cm³/mol. The van der Waals surface area contributed by atoms with Crippen LogP contribution in [0.5, 0.6) is 0 Å². The summed E-state index contributed by atoms with van der Waals surface area (Å²) in [5, 5.41) is 14.6. The predicted octanol–water partition coefficient (Wildman–Crippen LogP) is 4.39. The Morgan fingerprint density at radius 3 is 2.18 bits per heavy atom. The van der Waals surface area contributed by atoms with Gasteiger partial charge >= 0.3 is 0 Å². The van der Waals surface area contributed by atoms with Crippen LogP contribution in [0, 0.1) is 6.92 Å². The summed E-state index contributed by atoms with van der Waals surface area (Å²) in [4.78, 5) is 4.56. The van der Waals surface area contributed by atoms with Crippen molar-refractivity contribution in [3.8, 4) is 0 Å². The lowest BCUT2D eigenvalue weighted by molar-refractivity contribution is 0.274. The molecule has 22 heavy (non-hydrogen) atoms. The van der Waals surface area contributed by atoms with Gasteiger partial charge in [0.1, 0.15) is 10.0 Å². The Hall–Kier alpha value is -1.30. The fourth-order valence-electron chi connectivity index (χ4n) is 2.15. The second kappa shape index (κ2) is 6.07. The van der Waals surface area contributed by atoms with E-state index in [0.29, 0.717) is 0 Å². The average molecular weight is 322 g/mol. The van der Waals surface area contributed by atoms with E-state index in [9.17, 15) is 0 Å². The molecule has 0 fully saturated rings. The highest BCUT2D eigenvalue weighted by atomic mass is 32.1. The molecule has 0 atom stereocenters. The first kappa shape index (κ1) is 17.1. The molecular formula is C16H26N4OS. The Morgan fingerprint density at radius 2 is 1.68 bits per heavy atom. The molecule has 0 amide bonds. The van der Waals surface area contributed by atoms with Gasteiger partial charge in [0.25, 0.3) is 0 Å². The van der Waals surface area contributed by atoms with E-state index in [1.165, 1.54) is 0 Å². The second-order valence-corrected chi connectivity index (χ2v) is 8.69. The Kier molecular flexibility index (Phi) is 4.70. The Morgan fingerprint density at radius 1 is 1.05 bits per heavy atom. The molecule has 2 heterocycles. The molecule has 0 aliphatic rings. The fraction of sp³-hybridized carbons (Fsp3) is 0.750. The maximum absolute atomic E-state index is 5.48. The van der Waals surface area contributed by atoms with Crippen LogP contribution in [0.15, 0.2) is 4.52 Å². The highest BCUT2D eigenvalue weighted by Gasteiger charge is 2.33. The summed E-state index contributed by atoms with van der Waals surface area (Å²) in [5.74, 6) is 1.79. The molecule has 122 valence electrons. The molecular weight excluding hydrogens is 296 g/mol. The van der Waals surface area contributed by atoms with Crippen molar-refractivity contribution in [3.05, 3.63) is 21.7 Å². The molecule has 6 heteroatoms. The Bertz CT molecular complexity index is 628. The largest absolute Gasteiger partial charge is 0.339 e. The molecule has 0 saturated heterocycles. The number of rotatable bonds is 6. The number of aryl methyl sites for hydroxylation is 1. The van der Waals surface area contributed by atoms with Gasteiger partial charge in [-0.3, -0.25) is 0 Å². The van der Waals surface area contributed by atoms with E-state index in [4.69, 9.17) is 4.52 Å². The van der Waals surface area contributed by atoms with E-state index < -0.39 is 0 Å². The molecule has 0 bridgehead atoms. The van der Waals surface area contributed by atoms with Crippen LogP contribution in [0.1, 0.15) is 82.0 Å². The lowest BCUT2D eigenvalue weighted by atomic mass is 9.79. The minimum Gasteiger partial charge on any atom is -0.339 e. The summed E-state index contributed by atoms with van der Waals surface area (Å²) >= 11 is 1.68. The zero-order valence-electron chi connectivity index (χ0n) is 14.6. The number of hydrogen-bond donors (Lipinski definition) is 0. The number of nitrogens with zero attached hydrogens (tertiary/aromatic N) is 4. The summed E-state index contributed by atoms with van der Waals surface area (Å²) in [5.41, 5.74) is -0.138. The smallest absolute Gasteiger partial charge is 0.232 e. The van der Waals surface area contributed by atoms with Crippen molar-refractivity contribution < 1.29 is 4.52 Å². The van der Waals surface area contributed by atoms with Gasteiger partial charge in [0, 0.05) is 16.7 Å². The van der Waals surface area contributed by atoms with Gasteiger partial charge in [-0.05, 0) is 19.8 Å². The quantitative estimate of drug-likeness (QED) is 0.789. The maximum Gasteiger partial charge on any atom is 0.232 e. The van der Waals surface area contributed by atoms with Crippen LogP contribution in [0.4, 0.5) is 0 Å². The van der Waals surface area contributed by atoms with Gasteiger partial charge in [-0.25, -0.2) is 0 Å². The summed E-state index contributed by atoms with van der Waals surface area (Å²) in [6.45, 7) is 14.9. The third kappa shape index (κ3) is 3.72. The molecule has 0 aromatic carbocycles. The lowest BCUT2D eigenvalue weighted by Crippen LogP contribution is -2.24. The van der Waals surface area contributed by atoms with E-state index in [1.807, 2.05) is 6.92 Å². The van der Waals surface area contributed by atoms with Crippen molar-refractivity contribution in [2.75, 3.05) is 0 Å². The fourth-order valence-corrected chi connectivity index (χ4v) is 2.97. The van der Waals surface area contributed by atoms with Gasteiger partial charge in [-0.15, -0.1) is 21.5 Å². The van der Waals surface area contributed by atoms with Gasteiger partial charge in [0.15, 0.2) is 5.82 Å². The summed E-state index contributed by atoms with van der Waals surface area (Å²) in [6, 6.07) is 0. The highest BCUT2D eigenvalue weighted by Crippen LogP contribution is 2.36. The van der Waals surface area contributed by atoms with Crippen molar-refractivity contribution in [3.63, 3.8) is 0 Å². The first-order valence-electron chi connectivity index (χ1n) is 7.76. The second-order valence-electron chi connectivity index (χ2n) is 7.51. The molecule has 0 spiro atoms. The van der Waals surface area contributed by atoms with Gasteiger partial charge in [0.05, 0.1) is 0 Å². The third-order valence-electron chi connectivity index (χ3n) is 4.02. The number of aromatic nitrogens is 4. The molecule has 0 radical (unpaired) electrons. The van der Waals surface area contributed by atoms with Crippen LogP contribution in [0.3, 0.4) is 0 Å². The molecule has 0 saturated carbocycles. The Balaban J connectivity index is 2.08. The van der Waals surface area contributed by atoms with E-state index in [-0.39, 0.29) is 16.7 Å². The first-order valence-corrected chi connectivity index (χ1v) is 8.58. The topological polar surface area (TPSA) is 64.7 Å². The van der Waals surface area contributed by atoms with Crippen LogP contribution in [0.25, 0.3) is 0 Å². The molecule has 0 aliphatic carbocycles. The summed E-state index contributed by atoms with van der Waals surface area (Å²) < 4.78 is 5.48. The van der Waals surface area contributed by atoms with Gasteiger partial charge in [-0.2, -0.15) is 4.98 Å². The molecule has 2 rings (SSSR count). The van der Waals surface area contributed by atoms with Gasteiger partial charge in [-0.1, -0.05) is 46.7 Å². The molecule has 2 aromatic rings. The minimum absolute atomic E-state index is 0.00406. The monoisotopic (exact) mass is 322 g/mol. The van der Waals surface area contributed by atoms with Crippen LogP contribution in [-0.4, -0.2) is 20.3 Å². The third-order valence-corrected chi connectivity index (χ3v) is 5.22. The standard InChI is InChI=1S/C16H26N4OS/c1-10(2)12-17-13(21-20-12)15(4,5)8-9-16(6,7)14-19-18-11(3)22-14/h10H,8-9H2,1-7H3. The zero-order chi connectivity index (χ0) is 16.5. The molecule has 2 aromatic heterocycles. The normalized spacial score (nSPS) is 13.1. The highest BCUT2D eigenvalue weighted by molar-refractivity contribution is 7.11. The van der Waals surface area contributed by atoms with Crippen molar-refractivity contribution >= 4 is 11.3 Å². The average Bonchev–Trinajstić information content (AvgIpc) is 3.05. The molecule has 5 nitrogen and oxygen atoms in total. The van der Waals surface area contributed by atoms with E-state index in [2.05, 4.69) is 61.9 Å². The van der Waals surface area contributed by atoms with Crippen molar-refractivity contribution in [1.82, 2.24) is 20.3 Å². The zero-order valence-corrected chi connectivity index (χ0v) is 15.4. The molecule has 0 N–H and O–H groups in total. The van der Waals surface area contributed by atoms with Crippen molar-refractivity contribution in [2.45, 2.75) is 78.1 Å². The van der Waals surface area contributed by atoms with Gasteiger partial charge < -0.3 is 4.52 Å². The maximum atomic E-state index is 5.48. The van der Waals surface area contributed by atoms with E-state index in [1.54, 1.807) is 11.3 Å². The lowest BCUT2D eigenvalue weighted by Gasteiger charge is -2.27. The first-order chi connectivity index (χ1) is 10.1.